The van der Waals surface area contributed by atoms with Gasteiger partial charge in [0.25, 0.3) is 0 Å². The van der Waals surface area contributed by atoms with Crippen LogP contribution in [-0.4, -0.2) is 37.2 Å². The molecule has 0 amide bonds. The third-order valence-electron chi connectivity index (χ3n) is 3.50. The van der Waals surface area contributed by atoms with Crippen LogP contribution in [0, 0.1) is 0 Å². The highest BCUT2D eigenvalue weighted by Crippen LogP contribution is 2.18. The molecule has 6 heteroatoms. The molecule has 0 fully saturated rings. The zero-order valence-corrected chi connectivity index (χ0v) is 17.0. The molecule has 4 nitrogen and oxygen atoms in total. The molecule has 0 heterocycles. The molecule has 2 aromatic rings. The third-order valence-corrected chi connectivity index (χ3v) is 4.27. The summed E-state index contributed by atoms with van der Waals surface area (Å²) >= 11 is 8.72. The second kappa shape index (κ2) is 10.4. The number of rotatable bonds is 8. The van der Waals surface area contributed by atoms with Gasteiger partial charge in [-0.3, -0.25) is 0 Å². The fourth-order valence-electron chi connectivity index (χ4n) is 2.15. The minimum atomic E-state index is 0.537. The fraction of sp³-hybridized carbons (Fsp3) is 0.316. The molecule has 0 bridgehead atoms. The van der Waals surface area contributed by atoms with Crippen molar-refractivity contribution in [2.24, 2.45) is 0 Å². The van der Waals surface area contributed by atoms with Crippen molar-refractivity contribution in [1.29, 1.82) is 0 Å². The molecule has 25 heavy (non-hydrogen) atoms. The van der Waals surface area contributed by atoms with Crippen LogP contribution in [0.3, 0.4) is 0 Å². The Hall–Kier alpha value is -1.63. The Morgan fingerprint density at radius 2 is 1.76 bits per heavy atom. The number of anilines is 1. The SMILES string of the molecule is CN(C)CCCNC(=S)Nc1ccc(COc2ccc(Br)cc2)cc1. The van der Waals surface area contributed by atoms with Gasteiger partial charge in [-0.1, -0.05) is 28.1 Å². The summed E-state index contributed by atoms with van der Waals surface area (Å²) in [6.45, 7) is 2.45. The Balaban J connectivity index is 1.73. The van der Waals surface area contributed by atoms with E-state index in [9.17, 15) is 0 Å². The second-order valence-electron chi connectivity index (χ2n) is 5.98. The summed E-state index contributed by atoms with van der Waals surface area (Å²) in [6.07, 6.45) is 1.06. The van der Waals surface area contributed by atoms with Gasteiger partial charge < -0.3 is 20.3 Å². The number of benzene rings is 2. The number of hydrogen-bond donors (Lipinski definition) is 2. The third kappa shape index (κ3) is 7.86. The van der Waals surface area contributed by atoms with Crippen LogP contribution in [0.15, 0.2) is 53.0 Å². The lowest BCUT2D eigenvalue weighted by atomic mass is 10.2. The van der Waals surface area contributed by atoms with E-state index in [2.05, 4.69) is 45.6 Å². The van der Waals surface area contributed by atoms with Crippen molar-refractivity contribution in [3.05, 3.63) is 58.6 Å². The van der Waals surface area contributed by atoms with Crippen molar-refractivity contribution in [2.45, 2.75) is 13.0 Å². The standard InChI is InChI=1S/C19H24BrN3OS/c1-23(2)13-3-12-21-19(25)22-17-8-4-15(5-9-17)14-24-18-10-6-16(20)7-11-18/h4-11H,3,12-14H2,1-2H3,(H2,21,22,25). The van der Waals surface area contributed by atoms with Crippen LogP contribution in [0.2, 0.25) is 0 Å². The molecule has 0 aliphatic rings. The van der Waals surface area contributed by atoms with Gasteiger partial charge >= 0.3 is 0 Å². The van der Waals surface area contributed by atoms with E-state index >= 15 is 0 Å². The first-order chi connectivity index (χ1) is 12.0. The molecule has 0 unspecified atom stereocenters. The Morgan fingerprint density at radius 1 is 1.08 bits per heavy atom. The van der Waals surface area contributed by atoms with Gasteiger partial charge in [0, 0.05) is 16.7 Å². The first kappa shape index (κ1) is 19.7. The molecule has 2 aromatic carbocycles. The van der Waals surface area contributed by atoms with Crippen LogP contribution >= 0.6 is 28.1 Å². The van der Waals surface area contributed by atoms with E-state index in [1.807, 2.05) is 48.5 Å². The molecular formula is C19H24BrN3OS. The van der Waals surface area contributed by atoms with Crippen molar-refractivity contribution in [3.8, 4) is 5.75 Å². The average molecular weight is 422 g/mol. The van der Waals surface area contributed by atoms with Gasteiger partial charge in [-0.15, -0.1) is 0 Å². The number of thiocarbonyl (C=S) groups is 1. The molecule has 2 N–H and O–H groups in total. The maximum atomic E-state index is 5.77. The lowest BCUT2D eigenvalue weighted by molar-refractivity contribution is 0.306. The van der Waals surface area contributed by atoms with Crippen LogP contribution in [0.5, 0.6) is 5.75 Å². The van der Waals surface area contributed by atoms with E-state index in [4.69, 9.17) is 17.0 Å². The predicted molar refractivity (Wildman–Crippen MR) is 112 cm³/mol. The Labute approximate surface area is 163 Å². The van der Waals surface area contributed by atoms with Crippen LogP contribution in [0.1, 0.15) is 12.0 Å². The summed E-state index contributed by atoms with van der Waals surface area (Å²) in [5.41, 5.74) is 2.08. The number of halogens is 1. The van der Waals surface area contributed by atoms with E-state index in [1.165, 1.54) is 0 Å². The fourth-order valence-corrected chi connectivity index (χ4v) is 2.64. The molecule has 0 aliphatic carbocycles. The van der Waals surface area contributed by atoms with Crippen molar-refractivity contribution in [1.82, 2.24) is 10.2 Å². The summed E-state index contributed by atoms with van der Waals surface area (Å²) in [6, 6.07) is 15.9. The highest BCUT2D eigenvalue weighted by Gasteiger charge is 2.00. The monoisotopic (exact) mass is 421 g/mol. The zero-order valence-electron chi connectivity index (χ0n) is 14.6. The average Bonchev–Trinajstić information content (AvgIpc) is 2.59. The molecule has 134 valence electrons. The zero-order chi connectivity index (χ0) is 18.1. The van der Waals surface area contributed by atoms with Crippen molar-refractivity contribution >= 4 is 38.9 Å². The number of ether oxygens (including phenoxy) is 1. The van der Waals surface area contributed by atoms with Crippen LogP contribution in [-0.2, 0) is 6.61 Å². The molecule has 0 radical (unpaired) electrons. The topological polar surface area (TPSA) is 36.5 Å². The largest absolute Gasteiger partial charge is 0.489 e. The van der Waals surface area contributed by atoms with E-state index in [0.717, 1.165) is 41.0 Å². The van der Waals surface area contributed by atoms with Crippen LogP contribution < -0.4 is 15.4 Å². The first-order valence-electron chi connectivity index (χ1n) is 8.20. The van der Waals surface area contributed by atoms with Gasteiger partial charge in [-0.05, 0) is 81.2 Å². The summed E-state index contributed by atoms with van der Waals surface area (Å²) in [5, 5.41) is 7.07. The summed E-state index contributed by atoms with van der Waals surface area (Å²) in [4.78, 5) is 2.16. The van der Waals surface area contributed by atoms with Crippen LogP contribution in [0.4, 0.5) is 5.69 Å². The maximum absolute atomic E-state index is 5.77. The van der Waals surface area contributed by atoms with Crippen molar-refractivity contribution in [2.75, 3.05) is 32.5 Å². The van der Waals surface area contributed by atoms with Crippen LogP contribution in [0.25, 0.3) is 0 Å². The van der Waals surface area contributed by atoms with Gasteiger partial charge in [0.05, 0.1) is 0 Å². The lowest BCUT2D eigenvalue weighted by Gasteiger charge is -2.13. The van der Waals surface area contributed by atoms with Crippen molar-refractivity contribution in [3.63, 3.8) is 0 Å². The lowest BCUT2D eigenvalue weighted by Crippen LogP contribution is -2.30. The molecule has 0 aromatic heterocycles. The molecular weight excluding hydrogens is 398 g/mol. The van der Waals surface area contributed by atoms with Gasteiger partial charge in [0.1, 0.15) is 12.4 Å². The van der Waals surface area contributed by atoms with Gasteiger partial charge in [0.15, 0.2) is 5.11 Å². The van der Waals surface area contributed by atoms with E-state index in [1.54, 1.807) is 0 Å². The number of nitrogens with one attached hydrogen (secondary N) is 2. The van der Waals surface area contributed by atoms with E-state index < -0.39 is 0 Å². The second-order valence-corrected chi connectivity index (χ2v) is 7.30. The molecule has 0 spiro atoms. The van der Waals surface area contributed by atoms with Gasteiger partial charge in [-0.25, -0.2) is 0 Å². The first-order valence-corrected chi connectivity index (χ1v) is 9.40. The Morgan fingerprint density at radius 3 is 2.40 bits per heavy atom. The predicted octanol–water partition coefficient (Wildman–Crippen LogP) is 4.27. The summed E-state index contributed by atoms with van der Waals surface area (Å²) in [5.74, 6) is 0.855. The minimum Gasteiger partial charge on any atom is -0.489 e. The molecule has 0 atom stereocenters. The maximum Gasteiger partial charge on any atom is 0.170 e. The van der Waals surface area contributed by atoms with Gasteiger partial charge in [-0.2, -0.15) is 0 Å². The molecule has 0 saturated heterocycles. The van der Waals surface area contributed by atoms with E-state index in [-0.39, 0.29) is 0 Å². The summed E-state index contributed by atoms with van der Waals surface area (Å²) < 4.78 is 6.81. The van der Waals surface area contributed by atoms with Gasteiger partial charge in [0.2, 0.25) is 0 Å². The molecule has 0 saturated carbocycles. The van der Waals surface area contributed by atoms with Crippen molar-refractivity contribution < 1.29 is 4.74 Å². The molecule has 0 aliphatic heterocycles. The smallest absolute Gasteiger partial charge is 0.170 e. The quantitative estimate of drug-likeness (QED) is 0.491. The van der Waals surface area contributed by atoms with E-state index in [0.29, 0.717) is 11.7 Å². The minimum absolute atomic E-state index is 0.537. The number of nitrogens with zero attached hydrogens (tertiary/aromatic N) is 1. The Bertz CT molecular complexity index is 659. The molecule has 2 rings (SSSR count). The normalized spacial score (nSPS) is 10.6. The number of hydrogen-bond acceptors (Lipinski definition) is 3. The highest BCUT2D eigenvalue weighted by atomic mass is 79.9. The highest BCUT2D eigenvalue weighted by molar-refractivity contribution is 9.10. The summed E-state index contributed by atoms with van der Waals surface area (Å²) in [7, 11) is 4.14. The Kier molecular flexibility index (Phi) is 8.18.